The Labute approximate surface area is 157 Å². The fraction of sp³-hybridized carbons (Fsp3) is 0.957. The van der Waals surface area contributed by atoms with Crippen molar-refractivity contribution in [2.24, 2.45) is 23.7 Å². The van der Waals surface area contributed by atoms with Gasteiger partial charge in [0.15, 0.2) is 0 Å². The fourth-order valence-electron chi connectivity index (χ4n) is 4.24. The summed E-state index contributed by atoms with van der Waals surface area (Å²) in [4.78, 5) is 10.9. The number of hydrogen-bond acceptors (Lipinski definition) is 2. The van der Waals surface area contributed by atoms with Crippen LogP contribution in [-0.2, 0) is 9.53 Å². The standard InChI is InChI=1S/C8H14O2.C8H16.C7H14/c1-10-8(9)7-5-3-2-4-6-7;1-7-3-5-8(2)6-4-7;1-7-5-3-2-4-6-7/h7H,2-6H2,1H3;7-8H,3-6H2,1-2H3;7H,2-6H2,1H3. The molecule has 3 fully saturated rings. The quantitative estimate of drug-likeness (QED) is 0.468. The molecule has 0 heterocycles. The summed E-state index contributed by atoms with van der Waals surface area (Å²) in [6.07, 6.45) is 19.1. The minimum Gasteiger partial charge on any atom is -0.469 e. The summed E-state index contributed by atoms with van der Waals surface area (Å²) in [5.41, 5.74) is 0. The highest BCUT2D eigenvalue weighted by Crippen LogP contribution is 2.27. The number of esters is 1. The second-order valence-electron chi connectivity index (χ2n) is 8.97. The zero-order valence-corrected chi connectivity index (χ0v) is 17.5. The maximum Gasteiger partial charge on any atom is 0.308 e. The molecule has 0 spiro atoms. The molecule has 0 amide bonds. The van der Waals surface area contributed by atoms with Crippen LogP contribution in [0.1, 0.15) is 111 Å². The molecular weight excluding hydrogens is 308 g/mol. The van der Waals surface area contributed by atoms with Crippen molar-refractivity contribution in [3.05, 3.63) is 0 Å². The highest BCUT2D eigenvalue weighted by molar-refractivity contribution is 5.72. The zero-order chi connectivity index (χ0) is 18.5. The maximum atomic E-state index is 10.9. The lowest BCUT2D eigenvalue weighted by Crippen LogP contribution is -2.18. The van der Waals surface area contributed by atoms with Gasteiger partial charge in [0, 0.05) is 0 Å². The first-order valence-corrected chi connectivity index (χ1v) is 11.1. The van der Waals surface area contributed by atoms with Crippen molar-refractivity contribution in [3.63, 3.8) is 0 Å². The Hall–Kier alpha value is -0.530. The molecule has 3 saturated carbocycles. The Kier molecular flexibility index (Phi) is 12.3. The molecule has 2 heteroatoms. The molecule has 3 aliphatic rings. The molecule has 0 saturated heterocycles. The van der Waals surface area contributed by atoms with Gasteiger partial charge in [-0.25, -0.2) is 0 Å². The molecule has 0 unspecified atom stereocenters. The molecule has 148 valence electrons. The van der Waals surface area contributed by atoms with Gasteiger partial charge >= 0.3 is 5.97 Å². The lowest BCUT2D eigenvalue weighted by atomic mass is 9.84. The van der Waals surface area contributed by atoms with E-state index in [1.807, 2.05) is 0 Å². The normalized spacial score (nSPS) is 28.0. The average Bonchev–Trinajstić information content (AvgIpc) is 2.66. The van der Waals surface area contributed by atoms with E-state index in [0.29, 0.717) is 0 Å². The second-order valence-corrected chi connectivity index (χ2v) is 8.97. The highest BCUT2D eigenvalue weighted by Gasteiger charge is 2.20. The fourth-order valence-corrected chi connectivity index (χ4v) is 4.24. The minimum atomic E-state index is -0.0142. The van der Waals surface area contributed by atoms with Crippen LogP contribution in [0.15, 0.2) is 0 Å². The third-order valence-corrected chi connectivity index (χ3v) is 6.34. The lowest BCUT2D eigenvalue weighted by molar-refractivity contribution is -0.146. The van der Waals surface area contributed by atoms with Crippen LogP contribution < -0.4 is 0 Å². The number of hydrogen-bond donors (Lipinski definition) is 0. The minimum absolute atomic E-state index is 0.0142. The largest absolute Gasteiger partial charge is 0.469 e. The van der Waals surface area contributed by atoms with Crippen LogP contribution in [0.25, 0.3) is 0 Å². The van der Waals surface area contributed by atoms with Crippen molar-refractivity contribution in [3.8, 4) is 0 Å². The lowest BCUT2D eigenvalue weighted by Gasteiger charge is -2.22. The van der Waals surface area contributed by atoms with Gasteiger partial charge in [-0.15, -0.1) is 0 Å². The van der Waals surface area contributed by atoms with Gasteiger partial charge in [-0.1, -0.05) is 97.8 Å². The van der Waals surface area contributed by atoms with E-state index >= 15 is 0 Å². The molecule has 25 heavy (non-hydrogen) atoms. The first-order chi connectivity index (χ1) is 12.0. The topological polar surface area (TPSA) is 26.3 Å². The Morgan fingerprint density at radius 3 is 1.28 bits per heavy atom. The van der Waals surface area contributed by atoms with Crippen molar-refractivity contribution in [1.29, 1.82) is 0 Å². The molecule has 0 aromatic heterocycles. The van der Waals surface area contributed by atoms with Crippen molar-refractivity contribution in [2.45, 2.75) is 111 Å². The summed E-state index contributed by atoms with van der Waals surface area (Å²) in [6, 6.07) is 0. The third kappa shape index (κ3) is 10.9. The van der Waals surface area contributed by atoms with E-state index in [2.05, 4.69) is 25.5 Å². The van der Waals surface area contributed by atoms with Crippen molar-refractivity contribution < 1.29 is 9.53 Å². The molecule has 0 aromatic carbocycles. The van der Waals surface area contributed by atoms with Gasteiger partial charge < -0.3 is 4.74 Å². The van der Waals surface area contributed by atoms with Crippen molar-refractivity contribution in [2.75, 3.05) is 7.11 Å². The summed E-state index contributed by atoms with van der Waals surface area (Å²) in [6.45, 7) is 7.09. The van der Waals surface area contributed by atoms with Gasteiger partial charge in [0.1, 0.15) is 0 Å². The molecule has 0 atom stereocenters. The van der Waals surface area contributed by atoms with Gasteiger partial charge in [0.2, 0.25) is 0 Å². The van der Waals surface area contributed by atoms with Gasteiger partial charge in [0.25, 0.3) is 0 Å². The summed E-state index contributed by atoms with van der Waals surface area (Å²) in [7, 11) is 1.47. The summed E-state index contributed by atoms with van der Waals surface area (Å²) >= 11 is 0. The molecule has 0 radical (unpaired) electrons. The van der Waals surface area contributed by atoms with E-state index in [9.17, 15) is 4.79 Å². The highest BCUT2D eigenvalue weighted by atomic mass is 16.5. The van der Waals surface area contributed by atoms with Crippen LogP contribution in [0.4, 0.5) is 0 Å². The SMILES string of the molecule is CC1CCC(C)CC1.CC1CCCCC1.COC(=O)C1CCCCC1. The smallest absolute Gasteiger partial charge is 0.308 e. The van der Waals surface area contributed by atoms with Gasteiger partial charge in [-0.05, 0) is 30.6 Å². The van der Waals surface area contributed by atoms with Crippen LogP contribution in [-0.4, -0.2) is 13.1 Å². The van der Waals surface area contributed by atoms with Crippen LogP contribution in [0.5, 0.6) is 0 Å². The molecule has 0 N–H and O–H groups in total. The van der Waals surface area contributed by atoms with Crippen LogP contribution in [0.2, 0.25) is 0 Å². The third-order valence-electron chi connectivity index (χ3n) is 6.34. The van der Waals surface area contributed by atoms with E-state index in [-0.39, 0.29) is 11.9 Å². The monoisotopic (exact) mass is 352 g/mol. The first-order valence-electron chi connectivity index (χ1n) is 11.1. The van der Waals surface area contributed by atoms with E-state index < -0.39 is 0 Å². The van der Waals surface area contributed by atoms with E-state index in [1.165, 1.54) is 84.2 Å². The van der Waals surface area contributed by atoms with Crippen LogP contribution in [0.3, 0.4) is 0 Å². The van der Waals surface area contributed by atoms with Crippen LogP contribution >= 0.6 is 0 Å². The number of rotatable bonds is 1. The first kappa shape index (κ1) is 22.5. The molecule has 3 rings (SSSR count). The van der Waals surface area contributed by atoms with Crippen molar-refractivity contribution in [1.82, 2.24) is 0 Å². The summed E-state index contributed by atoms with van der Waals surface area (Å²) in [5.74, 6) is 3.27. The van der Waals surface area contributed by atoms with Crippen LogP contribution in [0, 0.1) is 23.7 Å². The number of methoxy groups -OCH3 is 1. The summed E-state index contributed by atoms with van der Waals surface area (Å²) in [5, 5.41) is 0. The van der Waals surface area contributed by atoms with E-state index in [1.54, 1.807) is 0 Å². The zero-order valence-electron chi connectivity index (χ0n) is 17.5. The van der Waals surface area contributed by atoms with Gasteiger partial charge in [-0.3, -0.25) is 4.79 Å². The Morgan fingerprint density at radius 2 is 0.960 bits per heavy atom. The van der Waals surface area contributed by atoms with Gasteiger partial charge in [0.05, 0.1) is 13.0 Å². The molecular formula is C23H44O2. The van der Waals surface area contributed by atoms with Gasteiger partial charge in [-0.2, -0.15) is 0 Å². The predicted octanol–water partition coefficient (Wildman–Crippen LogP) is 7.16. The Morgan fingerprint density at radius 1 is 0.600 bits per heavy atom. The molecule has 2 nitrogen and oxygen atoms in total. The summed E-state index contributed by atoms with van der Waals surface area (Å²) < 4.78 is 4.65. The predicted molar refractivity (Wildman–Crippen MR) is 108 cm³/mol. The maximum absolute atomic E-state index is 10.9. The van der Waals surface area contributed by atoms with E-state index in [4.69, 9.17) is 0 Å². The van der Waals surface area contributed by atoms with Crippen molar-refractivity contribution >= 4 is 5.97 Å². The second kappa shape index (κ2) is 13.6. The Bertz CT molecular complexity index is 309. The Balaban J connectivity index is 0.000000191. The van der Waals surface area contributed by atoms with E-state index in [0.717, 1.165) is 30.6 Å². The molecule has 0 aromatic rings. The molecule has 0 bridgehead atoms. The number of ether oxygens (including phenoxy) is 1. The molecule has 3 aliphatic carbocycles. The average molecular weight is 353 g/mol. The molecule has 0 aliphatic heterocycles. The number of carbonyl (C=O) groups excluding carboxylic acids is 1. The number of carbonyl (C=O) groups is 1.